The van der Waals surface area contributed by atoms with Crippen LogP contribution in [0.4, 0.5) is 5.69 Å². The maximum atomic E-state index is 12.8. The summed E-state index contributed by atoms with van der Waals surface area (Å²) in [6.45, 7) is 1.90. The molecule has 0 fully saturated rings. The topological polar surface area (TPSA) is 86.1 Å². The molecule has 7 heteroatoms. The van der Waals surface area contributed by atoms with Crippen molar-refractivity contribution in [2.45, 2.75) is 19.8 Å². The lowest BCUT2D eigenvalue weighted by molar-refractivity contribution is -0.115. The number of methoxy groups -OCH3 is 1. The van der Waals surface area contributed by atoms with E-state index < -0.39 is 0 Å². The number of carbonyl (C=O) groups excluding carboxylic acids is 2. The summed E-state index contributed by atoms with van der Waals surface area (Å²) in [5.41, 5.74) is 4.61. The molecule has 2 aromatic heterocycles. The van der Waals surface area contributed by atoms with Gasteiger partial charge in [-0.1, -0.05) is 18.2 Å². The van der Waals surface area contributed by atoms with Crippen LogP contribution < -0.4 is 10.1 Å². The van der Waals surface area contributed by atoms with E-state index in [9.17, 15) is 9.59 Å². The van der Waals surface area contributed by atoms with Gasteiger partial charge in [0.2, 0.25) is 5.91 Å². The molecule has 4 aromatic rings. The summed E-state index contributed by atoms with van der Waals surface area (Å²) in [6, 6.07) is 18.3. The van der Waals surface area contributed by atoms with Gasteiger partial charge in [-0.05, 0) is 54.4 Å². The Balaban J connectivity index is 1.42. The smallest absolute Gasteiger partial charge is 0.228 e. The van der Waals surface area contributed by atoms with Crippen LogP contribution in [-0.4, -0.2) is 33.6 Å². The van der Waals surface area contributed by atoms with E-state index in [1.807, 2.05) is 49.4 Å². The average Bonchev–Trinajstić information content (AvgIpc) is 3.27. The first-order valence-electron chi connectivity index (χ1n) is 10.5. The number of aryl methyl sites for hydroxylation is 1. The minimum absolute atomic E-state index is 0.0208. The third-order valence-electron chi connectivity index (χ3n) is 5.11. The van der Waals surface area contributed by atoms with Crippen LogP contribution in [0.25, 0.3) is 5.69 Å². The van der Waals surface area contributed by atoms with Crippen LogP contribution in [0.5, 0.6) is 5.75 Å². The molecule has 1 amide bonds. The van der Waals surface area contributed by atoms with Gasteiger partial charge in [0.25, 0.3) is 0 Å². The highest BCUT2D eigenvalue weighted by molar-refractivity contribution is 5.98. The van der Waals surface area contributed by atoms with E-state index in [2.05, 4.69) is 15.4 Å². The molecule has 0 aliphatic carbocycles. The van der Waals surface area contributed by atoms with Gasteiger partial charge in [-0.3, -0.25) is 14.6 Å². The molecule has 0 bridgehead atoms. The highest BCUT2D eigenvalue weighted by atomic mass is 16.5. The molecule has 0 atom stereocenters. The fourth-order valence-corrected chi connectivity index (χ4v) is 3.51. The van der Waals surface area contributed by atoms with Crippen molar-refractivity contribution in [2.24, 2.45) is 0 Å². The molecule has 0 radical (unpaired) electrons. The van der Waals surface area contributed by atoms with Gasteiger partial charge in [-0.15, -0.1) is 0 Å². The number of rotatable bonds is 8. The minimum Gasteiger partial charge on any atom is -0.497 e. The first-order chi connectivity index (χ1) is 16.0. The van der Waals surface area contributed by atoms with Crippen LogP contribution in [0.1, 0.15) is 27.2 Å². The molecule has 33 heavy (non-hydrogen) atoms. The van der Waals surface area contributed by atoms with Gasteiger partial charge in [0.15, 0.2) is 5.78 Å². The Morgan fingerprint density at radius 2 is 1.85 bits per heavy atom. The van der Waals surface area contributed by atoms with Crippen LogP contribution in [0.3, 0.4) is 0 Å². The van der Waals surface area contributed by atoms with E-state index in [1.165, 1.54) is 0 Å². The number of pyridine rings is 1. The third-order valence-corrected chi connectivity index (χ3v) is 5.11. The summed E-state index contributed by atoms with van der Waals surface area (Å²) in [5.74, 6) is 0.543. The summed E-state index contributed by atoms with van der Waals surface area (Å²) in [5, 5.41) is 7.23. The molecule has 0 unspecified atom stereocenters. The molecule has 4 rings (SSSR count). The zero-order valence-corrected chi connectivity index (χ0v) is 18.5. The van der Waals surface area contributed by atoms with Crippen LogP contribution in [-0.2, 0) is 17.6 Å². The quantitative estimate of drug-likeness (QED) is 0.415. The van der Waals surface area contributed by atoms with Crippen molar-refractivity contribution in [3.05, 3.63) is 102 Å². The molecule has 0 aliphatic heterocycles. The van der Waals surface area contributed by atoms with Gasteiger partial charge in [-0.2, -0.15) is 5.10 Å². The van der Waals surface area contributed by atoms with Crippen LogP contribution >= 0.6 is 0 Å². The maximum absolute atomic E-state index is 12.8. The number of Topliss-reactive ketones (excluding diaryl/α,β-unsaturated/α-hetero) is 1. The number of hydrogen-bond donors (Lipinski definition) is 1. The summed E-state index contributed by atoms with van der Waals surface area (Å²) in [7, 11) is 1.58. The van der Waals surface area contributed by atoms with Crippen molar-refractivity contribution in [2.75, 3.05) is 12.4 Å². The fraction of sp³-hybridized carbons (Fsp3) is 0.154. The molecule has 2 aromatic carbocycles. The second-order valence-corrected chi connectivity index (χ2v) is 7.71. The van der Waals surface area contributed by atoms with E-state index in [0.717, 1.165) is 22.5 Å². The Morgan fingerprint density at radius 1 is 1.00 bits per heavy atom. The number of ether oxygens (including phenoxy) is 1. The molecular weight excluding hydrogens is 416 g/mol. The zero-order valence-electron chi connectivity index (χ0n) is 18.5. The average molecular weight is 441 g/mol. The van der Waals surface area contributed by atoms with Crippen LogP contribution in [0.2, 0.25) is 0 Å². The Hall–Kier alpha value is -4.26. The van der Waals surface area contributed by atoms with Gasteiger partial charge in [0.1, 0.15) is 5.75 Å². The Morgan fingerprint density at radius 3 is 2.67 bits per heavy atom. The monoisotopic (exact) mass is 440 g/mol. The molecule has 0 spiro atoms. The summed E-state index contributed by atoms with van der Waals surface area (Å²) in [6.07, 6.45) is 5.64. The lowest BCUT2D eigenvalue weighted by Gasteiger charge is -2.06. The van der Waals surface area contributed by atoms with Crippen molar-refractivity contribution in [3.8, 4) is 11.4 Å². The Labute approximate surface area is 192 Å². The van der Waals surface area contributed by atoms with E-state index in [-0.39, 0.29) is 18.1 Å². The maximum Gasteiger partial charge on any atom is 0.228 e. The number of benzene rings is 2. The molecule has 0 aliphatic rings. The summed E-state index contributed by atoms with van der Waals surface area (Å²) < 4.78 is 6.85. The largest absolute Gasteiger partial charge is 0.497 e. The number of nitrogens with zero attached hydrogens (tertiary/aromatic N) is 3. The van der Waals surface area contributed by atoms with Crippen LogP contribution in [0, 0.1) is 6.92 Å². The highest BCUT2D eigenvalue weighted by Crippen LogP contribution is 2.18. The molecule has 1 N–H and O–H groups in total. The number of hydrogen-bond acceptors (Lipinski definition) is 5. The molecule has 2 heterocycles. The third kappa shape index (κ3) is 5.71. The Bertz CT molecular complexity index is 1300. The van der Waals surface area contributed by atoms with Crippen molar-refractivity contribution in [1.82, 2.24) is 14.8 Å². The second-order valence-electron chi connectivity index (χ2n) is 7.71. The predicted molar refractivity (Wildman–Crippen MR) is 126 cm³/mol. The SMILES string of the molecule is COc1cccc(NC(=O)Cc2cnn(-c3cccc(C(=O)Cc4ccnc(C)c4)c3)c2)c1. The van der Waals surface area contributed by atoms with E-state index in [1.54, 1.807) is 48.6 Å². The van der Waals surface area contributed by atoms with Crippen molar-refractivity contribution >= 4 is 17.4 Å². The van der Waals surface area contributed by atoms with Crippen molar-refractivity contribution in [3.63, 3.8) is 0 Å². The van der Waals surface area contributed by atoms with E-state index in [4.69, 9.17) is 4.74 Å². The lowest BCUT2D eigenvalue weighted by atomic mass is 10.0. The number of ketones is 1. The predicted octanol–water partition coefficient (Wildman–Crippen LogP) is 4.19. The molecule has 166 valence electrons. The standard InChI is InChI=1S/C26H24N4O3/c1-18-11-19(9-10-27-18)12-25(31)21-5-3-7-23(14-21)30-17-20(16-28-30)13-26(32)29-22-6-4-8-24(15-22)33-2/h3-11,14-17H,12-13H2,1-2H3,(H,29,32). The number of carbonyl (C=O) groups is 2. The molecule has 0 saturated heterocycles. The fourth-order valence-electron chi connectivity index (χ4n) is 3.51. The Kier molecular flexibility index (Phi) is 6.59. The van der Waals surface area contributed by atoms with Gasteiger partial charge < -0.3 is 10.1 Å². The van der Waals surface area contributed by atoms with Gasteiger partial charge >= 0.3 is 0 Å². The first-order valence-corrected chi connectivity index (χ1v) is 10.5. The van der Waals surface area contributed by atoms with Crippen molar-refractivity contribution < 1.29 is 14.3 Å². The molecule has 0 saturated carbocycles. The van der Waals surface area contributed by atoms with Crippen LogP contribution in [0.15, 0.2) is 79.3 Å². The first kappa shape index (κ1) is 22.0. The van der Waals surface area contributed by atoms with E-state index >= 15 is 0 Å². The number of nitrogens with one attached hydrogen (secondary N) is 1. The van der Waals surface area contributed by atoms with Gasteiger partial charge in [-0.25, -0.2) is 4.68 Å². The van der Waals surface area contributed by atoms with Gasteiger partial charge in [0, 0.05) is 41.8 Å². The number of aromatic nitrogens is 3. The highest BCUT2D eigenvalue weighted by Gasteiger charge is 2.11. The second kappa shape index (κ2) is 9.91. The zero-order chi connectivity index (χ0) is 23.2. The number of anilines is 1. The van der Waals surface area contributed by atoms with Gasteiger partial charge in [0.05, 0.1) is 25.4 Å². The summed E-state index contributed by atoms with van der Waals surface area (Å²) >= 11 is 0. The minimum atomic E-state index is -0.153. The molecular formula is C26H24N4O3. The van der Waals surface area contributed by atoms with Crippen molar-refractivity contribution in [1.29, 1.82) is 0 Å². The summed E-state index contributed by atoms with van der Waals surface area (Å²) in [4.78, 5) is 29.4. The normalized spacial score (nSPS) is 10.6. The lowest BCUT2D eigenvalue weighted by Crippen LogP contribution is -2.14. The number of amides is 1. The molecule has 7 nitrogen and oxygen atoms in total. The van der Waals surface area contributed by atoms with E-state index in [0.29, 0.717) is 23.4 Å².